The number of para-hydroxylation sites is 1. The molecule has 0 unspecified atom stereocenters. The van der Waals surface area contributed by atoms with Crippen molar-refractivity contribution in [3.63, 3.8) is 0 Å². The highest BCUT2D eigenvalue weighted by Crippen LogP contribution is 2.37. The van der Waals surface area contributed by atoms with Gasteiger partial charge in [0, 0.05) is 23.0 Å². The molecule has 7 nitrogen and oxygen atoms in total. The number of H-pyrrole nitrogens is 1. The molecule has 30 heavy (non-hydrogen) atoms. The minimum Gasteiger partial charge on any atom is -0.495 e. The van der Waals surface area contributed by atoms with Gasteiger partial charge in [0.1, 0.15) is 22.0 Å². The SMILES string of the molecule is COc1cc2nccc(Nc3n[nH]c4c(F)cccc34)c2cc1S(=O)(=O)C(C)(C)C. The number of methoxy groups -OCH3 is 1. The second kappa shape index (κ2) is 6.94. The van der Waals surface area contributed by atoms with Crippen molar-refractivity contribution in [1.29, 1.82) is 0 Å². The number of nitrogens with zero attached hydrogens (tertiary/aromatic N) is 2. The minimum atomic E-state index is -3.68. The molecular weight excluding hydrogens is 407 g/mol. The Labute approximate surface area is 173 Å². The molecule has 0 bridgehead atoms. The lowest BCUT2D eigenvalue weighted by Gasteiger charge is -2.21. The van der Waals surface area contributed by atoms with E-state index in [1.807, 2.05) is 0 Å². The first-order chi connectivity index (χ1) is 14.1. The minimum absolute atomic E-state index is 0.0824. The predicted molar refractivity (Wildman–Crippen MR) is 115 cm³/mol. The molecular formula is C21H21FN4O3S. The molecule has 0 fully saturated rings. The van der Waals surface area contributed by atoms with Crippen LogP contribution in [0.4, 0.5) is 15.9 Å². The fourth-order valence-electron chi connectivity index (χ4n) is 3.19. The van der Waals surface area contributed by atoms with E-state index in [9.17, 15) is 12.8 Å². The Morgan fingerprint density at radius 2 is 1.90 bits per heavy atom. The van der Waals surface area contributed by atoms with Gasteiger partial charge in [0.25, 0.3) is 0 Å². The molecule has 0 spiro atoms. The Hall–Kier alpha value is -3.20. The van der Waals surface area contributed by atoms with Crippen molar-refractivity contribution < 1.29 is 17.5 Å². The second-order valence-corrected chi connectivity index (χ2v) is 10.5. The summed E-state index contributed by atoms with van der Waals surface area (Å²) >= 11 is 0. The van der Waals surface area contributed by atoms with E-state index < -0.39 is 20.4 Å². The van der Waals surface area contributed by atoms with Crippen LogP contribution in [0.2, 0.25) is 0 Å². The molecule has 9 heteroatoms. The topological polar surface area (TPSA) is 97.0 Å². The molecule has 2 aromatic carbocycles. The van der Waals surface area contributed by atoms with Gasteiger partial charge in [-0.2, -0.15) is 5.10 Å². The van der Waals surface area contributed by atoms with E-state index >= 15 is 0 Å². The maximum absolute atomic E-state index is 14.0. The summed E-state index contributed by atoms with van der Waals surface area (Å²) in [4.78, 5) is 4.42. The van der Waals surface area contributed by atoms with Crippen molar-refractivity contribution in [2.45, 2.75) is 30.4 Å². The standard InChI is InChI=1S/C21H21FN4O3S/c1-21(2,3)30(27,28)18-10-13-15(8-9-23-16(13)11-17(18)29-4)24-20-12-6-5-7-14(22)19(12)25-26-20/h5-11H,1-4H3,(H2,23,24,25,26). The van der Waals surface area contributed by atoms with Crippen LogP contribution in [0.15, 0.2) is 47.5 Å². The summed E-state index contributed by atoms with van der Waals surface area (Å²) in [6.45, 7) is 4.91. The average molecular weight is 428 g/mol. The van der Waals surface area contributed by atoms with Gasteiger partial charge in [-0.25, -0.2) is 12.8 Å². The van der Waals surface area contributed by atoms with E-state index in [1.54, 1.807) is 57.3 Å². The van der Waals surface area contributed by atoms with Crippen LogP contribution < -0.4 is 10.1 Å². The summed E-state index contributed by atoms with van der Waals surface area (Å²) < 4.78 is 44.6. The third kappa shape index (κ3) is 3.15. The Kier molecular flexibility index (Phi) is 4.65. The maximum Gasteiger partial charge on any atom is 0.186 e. The van der Waals surface area contributed by atoms with Gasteiger partial charge in [-0.05, 0) is 45.0 Å². The van der Waals surface area contributed by atoms with Gasteiger partial charge in [-0.15, -0.1) is 0 Å². The number of nitrogens with one attached hydrogen (secondary N) is 2. The molecule has 2 N–H and O–H groups in total. The zero-order valence-corrected chi connectivity index (χ0v) is 17.8. The lowest BCUT2D eigenvalue weighted by molar-refractivity contribution is 0.402. The highest BCUT2D eigenvalue weighted by Gasteiger charge is 2.34. The number of pyridine rings is 1. The maximum atomic E-state index is 14.0. The normalized spacial score (nSPS) is 12.4. The van der Waals surface area contributed by atoms with Crippen molar-refractivity contribution in [2.75, 3.05) is 12.4 Å². The van der Waals surface area contributed by atoms with Crippen LogP contribution in [0, 0.1) is 5.82 Å². The smallest absolute Gasteiger partial charge is 0.186 e. The molecule has 0 amide bonds. The molecule has 0 atom stereocenters. The Bertz CT molecular complexity index is 1370. The molecule has 4 rings (SSSR count). The van der Waals surface area contributed by atoms with Crippen LogP contribution in [-0.2, 0) is 9.84 Å². The molecule has 2 heterocycles. The number of halogens is 1. The van der Waals surface area contributed by atoms with E-state index in [0.29, 0.717) is 27.8 Å². The molecule has 0 aliphatic carbocycles. The average Bonchev–Trinajstić information content (AvgIpc) is 3.10. The first-order valence-corrected chi connectivity index (χ1v) is 10.7. The number of fused-ring (bicyclic) bond motifs is 2. The van der Waals surface area contributed by atoms with Gasteiger partial charge in [-0.1, -0.05) is 6.07 Å². The van der Waals surface area contributed by atoms with Crippen molar-refractivity contribution in [3.05, 3.63) is 48.4 Å². The van der Waals surface area contributed by atoms with Gasteiger partial charge in [-0.3, -0.25) is 10.1 Å². The monoisotopic (exact) mass is 428 g/mol. The number of hydrogen-bond acceptors (Lipinski definition) is 6. The molecule has 0 aliphatic rings. The van der Waals surface area contributed by atoms with E-state index in [1.165, 1.54) is 13.2 Å². The van der Waals surface area contributed by atoms with Gasteiger partial charge >= 0.3 is 0 Å². The number of benzene rings is 2. The van der Waals surface area contributed by atoms with Crippen molar-refractivity contribution in [3.8, 4) is 5.75 Å². The first-order valence-electron chi connectivity index (χ1n) is 9.24. The van der Waals surface area contributed by atoms with E-state index in [4.69, 9.17) is 4.74 Å². The zero-order valence-electron chi connectivity index (χ0n) is 16.9. The Balaban J connectivity index is 1.91. The molecule has 0 radical (unpaired) electrons. The zero-order chi connectivity index (χ0) is 21.7. The quantitative estimate of drug-likeness (QED) is 0.494. The number of hydrogen-bond donors (Lipinski definition) is 2. The van der Waals surface area contributed by atoms with Crippen molar-refractivity contribution in [1.82, 2.24) is 15.2 Å². The molecule has 2 aromatic heterocycles. The van der Waals surface area contributed by atoms with Gasteiger partial charge in [0.15, 0.2) is 15.7 Å². The first kappa shape index (κ1) is 20.1. The highest BCUT2D eigenvalue weighted by molar-refractivity contribution is 7.92. The summed E-state index contributed by atoms with van der Waals surface area (Å²) in [5.74, 6) is 0.248. The summed E-state index contributed by atoms with van der Waals surface area (Å²) in [6.07, 6.45) is 1.59. The van der Waals surface area contributed by atoms with Crippen LogP contribution >= 0.6 is 0 Å². The van der Waals surface area contributed by atoms with E-state index in [-0.39, 0.29) is 16.2 Å². The van der Waals surface area contributed by atoms with Crippen LogP contribution in [0.3, 0.4) is 0 Å². The number of sulfone groups is 1. The summed E-state index contributed by atoms with van der Waals surface area (Å²) in [6, 6.07) is 9.55. The second-order valence-electron chi connectivity index (χ2n) is 7.85. The highest BCUT2D eigenvalue weighted by atomic mass is 32.2. The fourth-order valence-corrected chi connectivity index (χ4v) is 4.53. The summed E-state index contributed by atoms with van der Waals surface area (Å²) in [7, 11) is -2.26. The van der Waals surface area contributed by atoms with Crippen LogP contribution in [0.25, 0.3) is 21.8 Å². The molecule has 156 valence electrons. The number of aromatic nitrogens is 3. The number of anilines is 2. The van der Waals surface area contributed by atoms with E-state index in [2.05, 4.69) is 20.5 Å². The summed E-state index contributed by atoms with van der Waals surface area (Å²) in [5.41, 5.74) is 1.43. The number of rotatable bonds is 4. The molecule has 0 aliphatic heterocycles. The lowest BCUT2D eigenvalue weighted by atomic mass is 10.1. The predicted octanol–water partition coefficient (Wildman–Crippen LogP) is 4.57. The third-order valence-corrected chi connectivity index (χ3v) is 7.43. The Morgan fingerprint density at radius 3 is 2.60 bits per heavy atom. The van der Waals surface area contributed by atoms with Crippen LogP contribution in [-0.4, -0.2) is 35.5 Å². The van der Waals surface area contributed by atoms with Crippen LogP contribution in [0.5, 0.6) is 5.75 Å². The van der Waals surface area contributed by atoms with Crippen LogP contribution in [0.1, 0.15) is 20.8 Å². The molecule has 0 saturated heterocycles. The number of aromatic amines is 1. The van der Waals surface area contributed by atoms with Crippen molar-refractivity contribution >= 4 is 43.1 Å². The fraction of sp³-hybridized carbons (Fsp3) is 0.238. The Morgan fingerprint density at radius 1 is 1.13 bits per heavy atom. The van der Waals surface area contributed by atoms with Gasteiger partial charge in [0.2, 0.25) is 0 Å². The number of ether oxygens (including phenoxy) is 1. The van der Waals surface area contributed by atoms with Gasteiger partial charge in [0.05, 0.1) is 23.1 Å². The third-order valence-electron chi connectivity index (χ3n) is 4.92. The largest absolute Gasteiger partial charge is 0.495 e. The summed E-state index contributed by atoms with van der Waals surface area (Å²) in [5, 5.41) is 11.2. The van der Waals surface area contributed by atoms with E-state index in [0.717, 1.165) is 0 Å². The lowest BCUT2D eigenvalue weighted by Crippen LogP contribution is -2.28. The van der Waals surface area contributed by atoms with Crippen molar-refractivity contribution in [2.24, 2.45) is 0 Å². The molecule has 0 saturated carbocycles. The molecule has 4 aromatic rings. The van der Waals surface area contributed by atoms with Gasteiger partial charge < -0.3 is 10.1 Å².